The summed E-state index contributed by atoms with van der Waals surface area (Å²) in [5.74, 6) is 1.69. The van der Waals surface area contributed by atoms with Crippen molar-refractivity contribution < 1.29 is 9.47 Å². The number of benzene rings is 2. The highest BCUT2D eigenvalue weighted by atomic mass is 16.5. The van der Waals surface area contributed by atoms with E-state index in [1.807, 2.05) is 18.2 Å². The summed E-state index contributed by atoms with van der Waals surface area (Å²) in [6.07, 6.45) is 0.913. The monoisotopic (exact) mass is 312 g/mol. The molecule has 0 aliphatic heterocycles. The topological polar surface area (TPSA) is 56.5 Å². The lowest BCUT2D eigenvalue weighted by Gasteiger charge is -2.23. The Kier molecular flexibility index (Phi) is 4.55. The third-order valence-electron chi connectivity index (χ3n) is 4.62. The molecule has 0 spiro atoms. The maximum Gasteiger partial charge on any atom is 0.123 e. The largest absolute Gasteiger partial charge is 0.497 e. The second-order valence-corrected chi connectivity index (χ2v) is 6.02. The van der Waals surface area contributed by atoms with Crippen LogP contribution >= 0.6 is 0 Å². The van der Waals surface area contributed by atoms with Crippen LogP contribution in [0.25, 0.3) is 0 Å². The smallest absolute Gasteiger partial charge is 0.123 e. The number of hydrogen-bond acceptors (Lipinski definition) is 4. The predicted octanol–water partition coefficient (Wildman–Crippen LogP) is 3.50. The Balaban J connectivity index is 1.84. The van der Waals surface area contributed by atoms with Crippen LogP contribution in [0.4, 0.5) is 0 Å². The molecule has 0 fully saturated rings. The average Bonchev–Trinajstić information content (AvgIpc) is 2.90. The van der Waals surface area contributed by atoms with Gasteiger partial charge in [-0.1, -0.05) is 24.3 Å². The lowest BCUT2D eigenvalue weighted by atomic mass is 10.0. The first-order chi connectivity index (χ1) is 11.1. The Morgan fingerprint density at radius 3 is 2.52 bits per heavy atom. The van der Waals surface area contributed by atoms with Crippen LogP contribution in [0.3, 0.4) is 0 Å². The van der Waals surface area contributed by atoms with E-state index >= 15 is 0 Å². The molecule has 2 aromatic rings. The van der Waals surface area contributed by atoms with Crippen molar-refractivity contribution >= 4 is 0 Å². The molecule has 2 aromatic carbocycles. The highest BCUT2D eigenvalue weighted by Gasteiger charge is 2.29. The van der Waals surface area contributed by atoms with Crippen molar-refractivity contribution in [2.75, 3.05) is 14.2 Å². The molecule has 1 aliphatic carbocycles. The fraction of sp³-hybridized carbons (Fsp3) is 0.368. The number of hydrogen-bond donors (Lipinski definition) is 2. The van der Waals surface area contributed by atoms with Crippen LogP contribution < -0.4 is 20.5 Å². The summed E-state index contributed by atoms with van der Waals surface area (Å²) in [5.41, 5.74) is 9.90. The van der Waals surface area contributed by atoms with Gasteiger partial charge in [0.25, 0.3) is 0 Å². The van der Waals surface area contributed by atoms with Crippen LogP contribution in [-0.4, -0.2) is 14.2 Å². The zero-order valence-electron chi connectivity index (χ0n) is 13.9. The highest BCUT2D eigenvalue weighted by molar-refractivity contribution is 5.43. The van der Waals surface area contributed by atoms with E-state index < -0.39 is 0 Å². The normalized spacial score (nSPS) is 20.9. The third-order valence-corrected chi connectivity index (χ3v) is 4.62. The minimum absolute atomic E-state index is 0.100. The molecule has 0 aromatic heterocycles. The Morgan fingerprint density at radius 1 is 1.09 bits per heavy atom. The quantitative estimate of drug-likeness (QED) is 0.887. The molecule has 3 rings (SSSR count). The number of rotatable bonds is 5. The zero-order valence-corrected chi connectivity index (χ0v) is 13.9. The summed E-state index contributed by atoms with van der Waals surface area (Å²) in [5, 5.41) is 3.69. The molecular formula is C19H24N2O2. The van der Waals surface area contributed by atoms with Crippen molar-refractivity contribution in [1.82, 2.24) is 5.32 Å². The van der Waals surface area contributed by atoms with Gasteiger partial charge < -0.3 is 20.5 Å². The standard InChI is InChI=1S/C19H24N2O2/c1-12(16-10-13(22-2)8-9-19(16)23-3)21-18-11-17(20)14-6-4-5-7-15(14)18/h4-10,12,17-18,21H,11,20H2,1-3H3. The maximum atomic E-state index is 6.27. The molecule has 23 heavy (non-hydrogen) atoms. The Labute approximate surface area is 137 Å². The fourth-order valence-electron chi connectivity index (χ4n) is 3.40. The number of ether oxygens (including phenoxy) is 2. The lowest BCUT2D eigenvalue weighted by Crippen LogP contribution is -2.24. The Bertz CT molecular complexity index is 687. The maximum absolute atomic E-state index is 6.27. The van der Waals surface area contributed by atoms with Crippen molar-refractivity contribution in [3.05, 3.63) is 59.2 Å². The van der Waals surface area contributed by atoms with Crippen LogP contribution in [0.1, 0.15) is 48.2 Å². The first kappa shape index (κ1) is 15.8. The van der Waals surface area contributed by atoms with Gasteiger partial charge in [0, 0.05) is 23.7 Å². The van der Waals surface area contributed by atoms with E-state index in [-0.39, 0.29) is 18.1 Å². The second kappa shape index (κ2) is 6.60. The number of fused-ring (bicyclic) bond motifs is 1. The molecule has 3 unspecified atom stereocenters. The zero-order chi connectivity index (χ0) is 16.4. The van der Waals surface area contributed by atoms with E-state index in [9.17, 15) is 0 Å². The molecule has 0 heterocycles. The van der Waals surface area contributed by atoms with Gasteiger partial charge in [0.1, 0.15) is 11.5 Å². The summed E-state index contributed by atoms with van der Waals surface area (Å²) in [6, 6.07) is 14.8. The van der Waals surface area contributed by atoms with Gasteiger partial charge in [0.2, 0.25) is 0 Å². The molecule has 0 radical (unpaired) electrons. The summed E-state index contributed by atoms with van der Waals surface area (Å²) in [7, 11) is 3.37. The van der Waals surface area contributed by atoms with E-state index in [0.29, 0.717) is 0 Å². The summed E-state index contributed by atoms with van der Waals surface area (Å²) < 4.78 is 10.8. The summed E-state index contributed by atoms with van der Waals surface area (Å²) in [4.78, 5) is 0. The molecule has 4 nitrogen and oxygen atoms in total. The van der Waals surface area contributed by atoms with Crippen molar-refractivity contribution in [3.63, 3.8) is 0 Å². The minimum atomic E-state index is 0.100. The van der Waals surface area contributed by atoms with Crippen molar-refractivity contribution in [1.29, 1.82) is 0 Å². The lowest BCUT2D eigenvalue weighted by molar-refractivity contribution is 0.382. The Morgan fingerprint density at radius 2 is 1.83 bits per heavy atom. The minimum Gasteiger partial charge on any atom is -0.497 e. The third kappa shape index (κ3) is 3.05. The Hall–Kier alpha value is -2.04. The molecule has 0 bridgehead atoms. The van der Waals surface area contributed by atoms with Gasteiger partial charge in [0.15, 0.2) is 0 Å². The molecule has 0 saturated heterocycles. The van der Waals surface area contributed by atoms with E-state index in [1.54, 1.807) is 14.2 Å². The van der Waals surface area contributed by atoms with Gasteiger partial charge in [0.05, 0.1) is 14.2 Å². The van der Waals surface area contributed by atoms with Gasteiger partial charge in [-0.15, -0.1) is 0 Å². The van der Waals surface area contributed by atoms with E-state index in [1.165, 1.54) is 11.1 Å². The molecule has 4 heteroatoms. The van der Waals surface area contributed by atoms with Crippen LogP contribution in [0.15, 0.2) is 42.5 Å². The first-order valence-corrected chi connectivity index (χ1v) is 7.96. The SMILES string of the molecule is COc1ccc(OC)c(C(C)NC2CC(N)c3ccccc32)c1. The average molecular weight is 312 g/mol. The van der Waals surface area contributed by atoms with E-state index in [2.05, 4.69) is 36.5 Å². The van der Waals surface area contributed by atoms with Crippen LogP contribution in [-0.2, 0) is 0 Å². The van der Waals surface area contributed by atoms with Crippen molar-refractivity contribution in [2.24, 2.45) is 5.73 Å². The molecule has 3 atom stereocenters. The molecule has 3 N–H and O–H groups in total. The highest BCUT2D eigenvalue weighted by Crippen LogP contribution is 2.39. The summed E-state index contributed by atoms with van der Waals surface area (Å²) in [6.45, 7) is 2.14. The molecule has 0 saturated carbocycles. The van der Waals surface area contributed by atoms with Gasteiger partial charge in [-0.2, -0.15) is 0 Å². The first-order valence-electron chi connectivity index (χ1n) is 7.96. The molecule has 1 aliphatic rings. The van der Waals surface area contributed by atoms with Crippen LogP contribution in [0.2, 0.25) is 0 Å². The van der Waals surface area contributed by atoms with Gasteiger partial charge in [-0.3, -0.25) is 0 Å². The van der Waals surface area contributed by atoms with E-state index in [0.717, 1.165) is 23.5 Å². The van der Waals surface area contributed by atoms with Crippen molar-refractivity contribution in [3.8, 4) is 11.5 Å². The van der Waals surface area contributed by atoms with Crippen LogP contribution in [0, 0.1) is 0 Å². The number of nitrogens with two attached hydrogens (primary N) is 1. The van der Waals surface area contributed by atoms with Crippen molar-refractivity contribution in [2.45, 2.75) is 31.5 Å². The second-order valence-electron chi connectivity index (χ2n) is 6.02. The molecular weight excluding hydrogens is 288 g/mol. The number of nitrogens with one attached hydrogen (secondary N) is 1. The predicted molar refractivity (Wildman–Crippen MR) is 91.8 cm³/mol. The fourth-order valence-corrected chi connectivity index (χ4v) is 3.40. The van der Waals surface area contributed by atoms with Crippen LogP contribution in [0.5, 0.6) is 11.5 Å². The van der Waals surface area contributed by atoms with E-state index in [4.69, 9.17) is 15.2 Å². The molecule has 122 valence electrons. The van der Waals surface area contributed by atoms with Gasteiger partial charge in [-0.25, -0.2) is 0 Å². The van der Waals surface area contributed by atoms with Gasteiger partial charge in [-0.05, 0) is 42.7 Å². The summed E-state index contributed by atoms with van der Waals surface area (Å²) >= 11 is 0. The van der Waals surface area contributed by atoms with Gasteiger partial charge >= 0.3 is 0 Å². The number of methoxy groups -OCH3 is 2. The molecule has 0 amide bonds.